The molecule has 0 spiro atoms. The fourth-order valence-corrected chi connectivity index (χ4v) is 6.51. The number of aliphatic hydroxyl groups excluding tert-OH is 1. The largest absolute Gasteiger partial charge is 0.522 e. The van der Waals surface area contributed by atoms with Crippen molar-refractivity contribution < 1.29 is 37.3 Å². The first-order valence-corrected chi connectivity index (χ1v) is 12.8. The number of fused-ring (bicyclic) bond motifs is 1. The number of likely N-dealkylation sites (tertiary alicyclic amines) is 1. The van der Waals surface area contributed by atoms with E-state index in [1.165, 1.54) is 11.1 Å². The molecule has 0 radical (unpaired) electrons. The van der Waals surface area contributed by atoms with Gasteiger partial charge < -0.3 is 20.1 Å². The molecule has 1 aromatic carbocycles. The van der Waals surface area contributed by atoms with E-state index in [4.69, 9.17) is 16.3 Å². The molecule has 1 saturated heterocycles. The fourth-order valence-electron chi connectivity index (χ4n) is 6.33. The number of carbonyl (C=O) groups excluding carboxylic acids is 2. The number of aromatic nitrogens is 1. The molecule has 2 aromatic rings. The van der Waals surface area contributed by atoms with Crippen LogP contribution in [-0.2, 0) is 14.9 Å². The topological polar surface area (TPSA) is 101 Å². The van der Waals surface area contributed by atoms with Gasteiger partial charge in [0.25, 0.3) is 11.8 Å². The molecule has 3 aliphatic carbocycles. The molecule has 3 heterocycles. The van der Waals surface area contributed by atoms with Crippen LogP contribution < -0.4 is 10.1 Å². The SMILES string of the molecule is O=C(NC12CC(c3ccc(C(=O)N4CC[C@H](OC(F)(F)F)C4)cn3)(C1)C2)[C@H]1C[C@@H](O)c2cc(Cl)ccc2O1. The van der Waals surface area contributed by atoms with Gasteiger partial charge in [0.2, 0.25) is 0 Å². The minimum atomic E-state index is -4.72. The average molecular weight is 552 g/mol. The van der Waals surface area contributed by atoms with Crippen molar-refractivity contribution >= 4 is 23.4 Å². The molecule has 7 rings (SSSR count). The number of halogens is 4. The van der Waals surface area contributed by atoms with Crippen LogP contribution >= 0.6 is 11.6 Å². The van der Waals surface area contributed by atoms with Crippen LogP contribution in [0.5, 0.6) is 5.75 Å². The van der Waals surface area contributed by atoms with E-state index in [-0.39, 0.29) is 48.7 Å². The maximum Gasteiger partial charge on any atom is 0.522 e. The number of nitrogens with one attached hydrogen (secondary N) is 1. The number of carbonyl (C=O) groups is 2. The highest BCUT2D eigenvalue weighted by Gasteiger charge is 2.70. The highest BCUT2D eigenvalue weighted by molar-refractivity contribution is 6.30. The summed E-state index contributed by atoms with van der Waals surface area (Å²) in [7, 11) is 0. The first kappa shape index (κ1) is 25.4. The Hall–Kier alpha value is -2.89. The maximum absolute atomic E-state index is 12.9. The molecule has 8 nitrogen and oxygen atoms in total. The van der Waals surface area contributed by atoms with Gasteiger partial charge in [0.1, 0.15) is 5.75 Å². The minimum Gasteiger partial charge on any atom is -0.480 e. The third kappa shape index (κ3) is 4.50. The Balaban J connectivity index is 1.03. The van der Waals surface area contributed by atoms with E-state index in [1.807, 2.05) is 0 Å². The highest BCUT2D eigenvalue weighted by Crippen LogP contribution is 2.67. The smallest absolute Gasteiger partial charge is 0.480 e. The van der Waals surface area contributed by atoms with Crippen molar-refractivity contribution in [2.75, 3.05) is 13.1 Å². The zero-order chi connectivity index (χ0) is 26.9. The summed E-state index contributed by atoms with van der Waals surface area (Å²) in [5, 5.41) is 14.0. The van der Waals surface area contributed by atoms with Crippen molar-refractivity contribution in [3.05, 3.63) is 58.4 Å². The highest BCUT2D eigenvalue weighted by atomic mass is 35.5. The Kier molecular flexibility index (Phi) is 5.89. The molecular weight excluding hydrogens is 527 g/mol. The number of pyridine rings is 1. The second-order valence-corrected chi connectivity index (χ2v) is 11.2. The summed E-state index contributed by atoms with van der Waals surface area (Å²) in [6, 6.07) is 8.36. The fraction of sp³-hybridized carbons (Fsp3) is 0.500. The van der Waals surface area contributed by atoms with Crippen LogP contribution in [0.3, 0.4) is 0 Å². The van der Waals surface area contributed by atoms with Gasteiger partial charge >= 0.3 is 6.36 Å². The molecular formula is C26H25ClF3N3O5. The number of benzene rings is 1. The molecule has 1 aromatic heterocycles. The summed E-state index contributed by atoms with van der Waals surface area (Å²) in [4.78, 5) is 31.5. The molecule has 4 fully saturated rings. The van der Waals surface area contributed by atoms with Crippen LogP contribution in [0.15, 0.2) is 36.5 Å². The van der Waals surface area contributed by atoms with E-state index >= 15 is 0 Å². The normalized spacial score (nSPS) is 31.5. The molecule has 5 aliphatic rings. The quantitative estimate of drug-likeness (QED) is 0.588. The molecule has 12 heteroatoms. The average Bonchev–Trinajstić information content (AvgIpc) is 3.27. The molecule has 2 aliphatic heterocycles. The molecule has 202 valence electrons. The lowest BCUT2D eigenvalue weighted by molar-refractivity contribution is -0.340. The van der Waals surface area contributed by atoms with E-state index in [0.29, 0.717) is 41.2 Å². The zero-order valence-corrected chi connectivity index (χ0v) is 20.9. The number of rotatable bonds is 5. The lowest BCUT2D eigenvalue weighted by atomic mass is 9.38. The third-order valence-corrected chi connectivity index (χ3v) is 8.27. The van der Waals surface area contributed by atoms with Gasteiger partial charge in [-0.25, -0.2) is 0 Å². The van der Waals surface area contributed by atoms with Gasteiger partial charge in [-0.05, 0) is 56.0 Å². The Morgan fingerprint density at radius 3 is 2.66 bits per heavy atom. The number of nitrogens with zero attached hydrogens (tertiary/aromatic N) is 2. The first-order valence-electron chi connectivity index (χ1n) is 12.4. The van der Waals surface area contributed by atoms with Gasteiger partial charge in [0, 0.05) is 52.9 Å². The number of amides is 2. The maximum atomic E-state index is 12.9. The van der Waals surface area contributed by atoms with E-state index in [9.17, 15) is 27.9 Å². The van der Waals surface area contributed by atoms with Crippen molar-refractivity contribution in [1.82, 2.24) is 15.2 Å². The predicted octanol–water partition coefficient (Wildman–Crippen LogP) is 3.66. The zero-order valence-electron chi connectivity index (χ0n) is 20.1. The van der Waals surface area contributed by atoms with Crippen molar-refractivity contribution in [3.63, 3.8) is 0 Å². The van der Waals surface area contributed by atoms with E-state index in [2.05, 4.69) is 15.0 Å². The van der Waals surface area contributed by atoms with Gasteiger partial charge in [0.15, 0.2) is 6.10 Å². The van der Waals surface area contributed by atoms with Gasteiger partial charge in [0.05, 0.1) is 17.8 Å². The van der Waals surface area contributed by atoms with Crippen molar-refractivity contribution in [1.29, 1.82) is 0 Å². The standard InChI is InChI=1S/C26H25ClF3N3O5/c27-15-2-3-19-17(7-15)18(34)8-20(37-19)22(35)32-25-11-24(12-25,13-25)21-4-1-14(9-31-21)23(36)33-6-5-16(10-33)38-26(28,29)30/h1-4,7,9,16,18,20,34H,5-6,8,10-13H2,(H,32,35)/t16-,18+,20+,24?,25?/m0/s1. The second-order valence-electron chi connectivity index (χ2n) is 10.8. The predicted molar refractivity (Wildman–Crippen MR) is 128 cm³/mol. The number of hydrogen-bond acceptors (Lipinski definition) is 6. The lowest BCUT2D eigenvalue weighted by Gasteiger charge is -2.70. The van der Waals surface area contributed by atoms with Gasteiger partial charge in [-0.15, -0.1) is 13.2 Å². The molecule has 3 saturated carbocycles. The third-order valence-electron chi connectivity index (χ3n) is 8.03. The van der Waals surface area contributed by atoms with E-state index < -0.39 is 24.7 Å². The lowest BCUT2D eigenvalue weighted by Crippen LogP contribution is -2.77. The van der Waals surface area contributed by atoms with Crippen molar-refractivity contribution in [2.24, 2.45) is 0 Å². The Morgan fingerprint density at radius 2 is 1.97 bits per heavy atom. The van der Waals surface area contributed by atoms with Gasteiger partial charge in [-0.1, -0.05) is 11.6 Å². The van der Waals surface area contributed by atoms with Crippen LogP contribution in [0.1, 0.15) is 59.8 Å². The molecule has 38 heavy (non-hydrogen) atoms. The Morgan fingerprint density at radius 1 is 1.21 bits per heavy atom. The summed E-state index contributed by atoms with van der Waals surface area (Å²) in [5.74, 6) is -0.207. The van der Waals surface area contributed by atoms with Gasteiger partial charge in [-0.2, -0.15) is 0 Å². The van der Waals surface area contributed by atoms with Gasteiger partial charge in [-0.3, -0.25) is 19.3 Å². The van der Waals surface area contributed by atoms with Crippen LogP contribution in [0.25, 0.3) is 0 Å². The summed E-state index contributed by atoms with van der Waals surface area (Å²) in [6.45, 7) is 0.0713. The summed E-state index contributed by atoms with van der Waals surface area (Å²) >= 11 is 5.99. The second kappa shape index (κ2) is 8.82. The number of alkyl halides is 3. The van der Waals surface area contributed by atoms with Crippen LogP contribution in [-0.4, -0.2) is 64.0 Å². The molecule has 2 bridgehead atoms. The van der Waals surface area contributed by atoms with Crippen LogP contribution in [0.4, 0.5) is 13.2 Å². The van der Waals surface area contributed by atoms with Crippen LogP contribution in [0.2, 0.25) is 5.02 Å². The summed E-state index contributed by atoms with van der Waals surface area (Å²) in [6.07, 6.45) is -3.60. The van der Waals surface area contributed by atoms with E-state index in [1.54, 1.807) is 30.3 Å². The minimum absolute atomic E-state index is 0.118. The summed E-state index contributed by atoms with van der Waals surface area (Å²) in [5.41, 5.74) is 1.18. The number of hydrogen-bond donors (Lipinski definition) is 2. The molecule has 3 atom stereocenters. The molecule has 0 unspecified atom stereocenters. The molecule has 2 N–H and O–H groups in total. The Labute approximate surface area is 221 Å². The number of aliphatic hydroxyl groups is 1. The number of ether oxygens (including phenoxy) is 2. The van der Waals surface area contributed by atoms with Crippen molar-refractivity contribution in [2.45, 2.75) is 67.7 Å². The Bertz CT molecular complexity index is 1270. The van der Waals surface area contributed by atoms with Crippen LogP contribution in [0, 0.1) is 0 Å². The molecule has 2 amide bonds. The van der Waals surface area contributed by atoms with E-state index in [0.717, 1.165) is 5.69 Å². The van der Waals surface area contributed by atoms with Crippen molar-refractivity contribution in [3.8, 4) is 5.75 Å². The monoisotopic (exact) mass is 551 g/mol. The summed E-state index contributed by atoms with van der Waals surface area (Å²) < 4.78 is 47.2. The first-order chi connectivity index (χ1) is 17.9.